The van der Waals surface area contributed by atoms with Gasteiger partial charge in [-0.15, -0.1) is 0 Å². The molecule has 2 amide bonds. The fourth-order valence-corrected chi connectivity index (χ4v) is 2.78. The molecule has 1 aliphatic heterocycles. The van der Waals surface area contributed by atoms with Gasteiger partial charge in [-0.1, -0.05) is 0 Å². The van der Waals surface area contributed by atoms with Crippen LogP contribution >= 0.6 is 0 Å². The maximum Gasteiger partial charge on any atom is 0.317 e. The van der Waals surface area contributed by atoms with Crippen molar-refractivity contribution < 1.29 is 14.3 Å². The number of hydrogen-bond donors (Lipinski definition) is 2. The van der Waals surface area contributed by atoms with Gasteiger partial charge in [0, 0.05) is 37.9 Å². The van der Waals surface area contributed by atoms with Crippen molar-refractivity contribution in [3.05, 3.63) is 29.6 Å². The normalized spacial score (nSPS) is 17.0. The standard InChI is InChI=1S/C17H26FN3O2/c1-4-20(3)17(23)19-12(2)15-11-13(18)5-6-16(15)21-9-7-14(22)8-10-21/h5-6,11-12,14,22H,4,7-10H2,1-3H3,(H,19,23). The Kier molecular flexibility index (Phi) is 5.82. The summed E-state index contributed by atoms with van der Waals surface area (Å²) in [6.07, 6.45) is 1.15. The molecule has 2 N–H and O–H groups in total. The number of aliphatic hydroxyl groups is 1. The molecule has 128 valence electrons. The molecule has 0 bridgehead atoms. The number of amides is 2. The van der Waals surface area contributed by atoms with E-state index in [1.807, 2.05) is 13.8 Å². The summed E-state index contributed by atoms with van der Waals surface area (Å²) in [4.78, 5) is 15.8. The minimum absolute atomic E-state index is 0.177. The lowest BCUT2D eigenvalue weighted by Gasteiger charge is -2.34. The van der Waals surface area contributed by atoms with Crippen molar-refractivity contribution in [2.24, 2.45) is 0 Å². The molecule has 1 unspecified atom stereocenters. The van der Waals surface area contributed by atoms with Gasteiger partial charge >= 0.3 is 6.03 Å². The van der Waals surface area contributed by atoms with E-state index in [4.69, 9.17) is 0 Å². The summed E-state index contributed by atoms with van der Waals surface area (Å²) in [5.74, 6) is -0.314. The zero-order valence-electron chi connectivity index (χ0n) is 14.1. The Morgan fingerprint density at radius 3 is 2.74 bits per heavy atom. The zero-order chi connectivity index (χ0) is 17.0. The number of urea groups is 1. The van der Waals surface area contributed by atoms with E-state index in [2.05, 4.69) is 10.2 Å². The molecule has 2 rings (SSSR count). The third-order valence-electron chi connectivity index (χ3n) is 4.42. The molecule has 1 atom stereocenters. The highest BCUT2D eigenvalue weighted by atomic mass is 19.1. The number of carbonyl (C=O) groups excluding carboxylic acids is 1. The van der Waals surface area contributed by atoms with Gasteiger partial charge in [0.25, 0.3) is 0 Å². The molecule has 0 radical (unpaired) electrons. The Hall–Kier alpha value is -1.82. The predicted molar refractivity (Wildman–Crippen MR) is 89.1 cm³/mol. The van der Waals surface area contributed by atoms with Gasteiger partial charge in [-0.3, -0.25) is 0 Å². The molecule has 1 aromatic carbocycles. The number of anilines is 1. The second-order valence-corrected chi connectivity index (χ2v) is 6.11. The third kappa shape index (κ3) is 4.34. The number of aliphatic hydroxyl groups excluding tert-OH is 1. The lowest BCUT2D eigenvalue weighted by Crippen LogP contribution is -2.40. The quantitative estimate of drug-likeness (QED) is 0.895. The number of benzene rings is 1. The van der Waals surface area contributed by atoms with Gasteiger partial charge in [-0.2, -0.15) is 0 Å². The third-order valence-corrected chi connectivity index (χ3v) is 4.42. The molecule has 1 aromatic rings. The Morgan fingerprint density at radius 1 is 1.48 bits per heavy atom. The first-order valence-electron chi connectivity index (χ1n) is 8.16. The first-order valence-corrected chi connectivity index (χ1v) is 8.16. The van der Waals surface area contributed by atoms with Crippen LogP contribution in [0.15, 0.2) is 18.2 Å². The largest absolute Gasteiger partial charge is 0.393 e. The average Bonchev–Trinajstić information content (AvgIpc) is 2.54. The van der Waals surface area contributed by atoms with Crippen LogP contribution in [-0.4, -0.2) is 48.8 Å². The minimum Gasteiger partial charge on any atom is -0.393 e. The highest BCUT2D eigenvalue weighted by Gasteiger charge is 2.22. The molecular weight excluding hydrogens is 297 g/mol. The molecule has 0 spiro atoms. The smallest absolute Gasteiger partial charge is 0.317 e. The van der Waals surface area contributed by atoms with Crippen molar-refractivity contribution in [3.63, 3.8) is 0 Å². The first kappa shape index (κ1) is 17.5. The van der Waals surface area contributed by atoms with E-state index in [1.165, 1.54) is 12.1 Å². The van der Waals surface area contributed by atoms with Gasteiger partial charge in [0.2, 0.25) is 0 Å². The average molecular weight is 323 g/mol. The molecule has 1 fully saturated rings. The molecule has 23 heavy (non-hydrogen) atoms. The monoisotopic (exact) mass is 323 g/mol. The fraction of sp³-hybridized carbons (Fsp3) is 0.588. The highest BCUT2D eigenvalue weighted by Crippen LogP contribution is 2.29. The van der Waals surface area contributed by atoms with Gasteiger partial charge in [0.05, 0.1) is 12.1 Å². The fourth-order valence-electron chi connectivity index (χ4n) is 2.78. The van der Waals surface area contributed by atoms with E-state index in [9.17, 15) is 14.3 Å². The molecule has 0 aliphatic carbocycles. The molecule has 0 saturated carbocycles. The van der Waals surface area contributed by atoms with Crippen LogP contribution < -0.4 is 10.2 Å². The van der Waals surface area contributed by atoms with Crippen LogP contribution in [0, 0.1) is 5.82 Å². The van der Waals surface area contributed by atoms with E-state index in [1.54, 1.807) is 18.0 Å². The van der Waals surface area contributed by atoms with Crippen LogP contribution in [-0.2, 0) is 0 Å². The highest BCUT2D eigenvalue weighted by molar-refractivity contribution is 5.74. The summed E-state index contributed by atoms with van der Waals surface area (Å²) in [5.41, 5.74) is 1.68. The lowest BCUT2D eigenvalue weighted by molar-refractivity contribution is 0.145. The van der Waals surface area contributed by atoms with Gasteiger partial charge in [-0.25, -0.2) is 9.18 Å². The van der Waals surface area contributed by atoms with E-state index < -0.39 is 0 Å². The number of halogens is 1. The van der Waals surface area contributed by atoms with Crippen LogP contribution in [0.25, 0.3) is 0 Å². The maximum atomic E-state index is 13.7. The van der Waals surface area contributed by atoms with Crippen molar-refractivity contribution in [3.8, 4) is 0 Å². The minimum atomic E-state index is -0.314. The van der Waals surface area contributed by atoms with Gasteiger partial charge < -0.3 is 20.2 Å². The Bertz CT molecular complexity index is 545. The number of piperidine rings is 1. The molecule has 1 aliphatic rings. The van der Waals surface area contributed by atoms with Crippen molar-refractivity contribution in [1.29, 1.82) is 0 Å². The van der Waals surface area contributed by atoms with Crippen LogP contribution in [0.2, 0.25) is 0 Å². The van der Waals surface area contributed by atoms with E-state index in [0.717, 1.165) is 24.3 Å². The first-order chi connectivity index (χ1) is 10.9. The summed E-state index contributed by atoms with van der Waals surface area (Å²) in [7, 11) is 1.72. The summed E-state index contributed by atoms with van der Waals surface area (Å²) in [6, 6.07) is 4.21. The lowest BCUT2D eigenvalue weighted by atomic mass is 10.0. The van der Waals surface area contributed by atoms with Gasteiger partial charge in [-0.05, 0) is 44.9 Å². The number of nitrogens with zero attached hydrogens (tertiary/aromatic N) is 2. The van der Waals surface area contributed by atoms with Gasteiger partial charge in [0.1, 0.15) is 5.82 Å². The van der Waals surface area contributed by atoms with E-state index >= 15 is 0 Å². The molecule has 0 aromatic heterocycles. The summed E-state index contributed by atoms with van der Waals surface area (Å²) in [6.45, 7) is 5.83. The second-order valence-electron chi connectivity index (χ2n) is 6.11. The second kappa shape index (κ2) is 7.64. The van der Waals surface area contributed by atoms with E-state index in [0.29, 0.717) is 19.4 Å². The molecule has 1 heterocycles. The van der Waals surface area contributed by atoms with Crippen LogP contribution in [0.3, 0.4) is 0 Å². The summed E-state index contributed by atoms with van der Waals surface area (Å²) in [5, 5.41) is 12.6. The number of hydrogen-bond acceptors (Lipinski definition) is 3. The van der Waals surface area contributed by atoms with Crippen LogP contribution in [0.1, 0.15) is 38.3 Å². The predicted octanol–water partition coefficient (Wildman–Crippen LogP) is 2.51. The van der Waals surface area contributed by atoms with E-state index in [-0.39, 0.29) is 24.0 Å². The SMILES string of the molecule is CCN(C)C(=O)NC(C)c1cc(F)ccc1N1CCC(O)CC1. The van der Waals surface area contributed by atoms with Crippen molar-refractivity contribution >= 4 is 11.7 Å². The topological polar surface area (TPSA) is 55.8 Å². The van der Waals surface area contributed by atoms with Crippen molar-refractivity contribution in [2.75, 3.05) is 31.6 Å². The van der Waals surface area contributed by atoms with Crippen molar-refractivity contribution in [2.45, 2.75) is 38.8 Å². The van der Waals surface area contributed by atoms with Gasteiger partial charge in [0.15, 0.2) is 0 Å². The molecular formula is C17H26FN3O2. The molecule has 5 nitrogen and oxygen atoms in total. The Balaban J connectivity index is 2.19. The summed E-state index contributed by atoms with van der Waals surface area (Å²) < 4.78 is 13.7. The maximum absolute atomic E-state index is 13.7. The number of rotatable bonds is 4. The Labute approximate surface area is 137 Å². The Morgan fingerprint density at radius 2 is 2.13 bits per heavy atom. The van der Waals surface area contributed by atoms with Crippen molar-refractivity contribution in [1.82, 2.24) is 10.2 Å². The number of nitrogens with one attached hydrogen (secondary N) is 1. The molecule has 1 saturated heterocycles. The summed E-state index contributed by atoms with van der Waals surface area (Å²) >= 11 is 0. The zero-order valence-corrected chi connectivity index (χ0v) is 14.1. The molecule has 6 heteroatoms. The number of carbonyl (C=O) groups is 1. The van der Waals surface area contributed by atoms with Crippen LogP contribution in [0.4, 0.5) is 14.9 Å². The van der Waals surface area contributed by atoms with Crippen LogP contribution in [0.5, 0.6) is 0 Å².